The molecule has 3 aromatic carbocycles. The summed E-state index contributed by atoms with van der Waals surface area (Å²) >= 11 is 0. The van der Waals surface area contributed by atoms with Gasteiger partial charge in [0.25, 0.3) is 11.8 Å². The van der Waals surface area contributed by atoms with Gasteiger partial charge in [0.1, 0.15) is 11.6 Å². The number of carbonyl (C=O) groups is 1. The van der Waals surface area contributed by atoms with Crippen LogP contribution in [-0.4, -0.2) is 22.7 Å². The van der Waals surface area contributed by atoms with Gasteiger partial charge in [0, 0.05) is 16.8 Å². The van der Waals surface area contributed by atoms with E-state index in [1.165, 1.54) is 24.3 Å². The standard InChI is InChI=1S/C23H18FN3O3/c1-15-2-4-16(5-3-15)22-26-23(30-27-22)17-6-12-20(13-7-17)29-14-21(28)25-19-10-8-18(24)9-11-19/h2-13H,14H2,1H3,(H,25,28). The Bertz CT molecular complexity index is 1140. The monoisotopic (exact) mass is 403 g/mol. The van der Waals surface area contributed by atoms with Crippen LogP contribution in [-0.2, 0) is 4.79 Å². The molecule has 150 valence electrons. The molecular formula is C23H18FN3O3. The number of ether oxygens (including phenoxy) is 1. The molecule has 0 aliphatic heterocycles. The minimum atomic E-state index is -0.364. The average molecular weight is 403 g/mol. The minimum Gasteiger partial charge on any atom is -0.484 e. The smallest absolute Gasteiger partial charge is 0.262 e. The van der Waals surface area contributed by atoms with E-state index in [1.54, 1.807) is 24.3 Å². The highest BCUT2D eigenvalue weighted by Gasteiger charge is 2.11. The van der Waals surface area contributed by atoms with Gasteiger partial charge in [-0.3, -0.25) is 4.79 Å². The number of hydrogen-bond acceptors (Lipinski definition) is 5. The molecule has 0 saturated heterocycles. The third kappa shape index (κ3) is 4.70. The minimum absolute atomic E-state index is 0.172. The first kappa shape index (κ1) is 19.3. The molecule has 0 aliphatic carbocycles. The zero-order chi connectivity index (χ0) is 20.9. The fourth-order valence-corrected chi connectivity index (χ4v) is 2.73. The molecule has 4 aromatic rings. The van der Waals surface area contributed by atoms with Crippen LogP contribution in [0.5, 0.6) is 5.75 Å². The van der Waals surface area contributed by atoms with Crippen LogP contribution in [0.3, 0.4) is 0 Å². The fraction of sp³-hybridized carbons (Fsp3) is 0.0870. The van der Waals surface area contributed by atoms with E-state index >= 15 is 0 Å². The number of nitrogens with one attached hydrogen (secondary N) is 1. The predicted molar refractivity (Wildman–Crippen MR) is 110 cm³/mol. The van der Waals surface area contributed by atoms with Crippen molar-refractivity contribution >= 4 is 11.6 Å². The SMILES string of the molecule is Cc1ccc(-c2noc(-c3ccc(OCC(=O)Nc4ccc(F)cc4)cc3)n2)cc1. The van der Waals surface area contributed by atoms with E-state index < -0.39 is 0 Å². The molecule has 0 bridgehead atoms. The zero-order valence-electron chi connectivity index (χ0n) is 16.1. The zero-order valence-corrected chi connectivity index (χ0v) is 16.1. The van der Waals surface area contributed by atoms with Gasteiger partial charge in [-0.1, -0.05) is 35.0 Å². The summed E-state index contributed by atoms with van der Waals surface area (Å²) in [5, 5.41) is 6.66. The quantitative estimate of drug-likeness (QED) is 0.497. The summed E-state index contributed by atoms with van der Waals surface area (Å²) < 4.78 is 23.7. The summed E-state index contributed by atoms with van der Waals surface area (Å²) in [5.41, 5.74) is 3.28. The summed E-state index contributed by atoms with van der Waals surface area (Å²) in [5.74, 6) is 0.724. The third-order valence-electron chi connectivity index (χ3n) is 4.33. The van der Waals surface area contributed by atoms with E-state index in [2.05, 4.69) is 15.5 Å². The highest BCUT2D eigenvalue weighted by Crippen LogP contribution is 2.24. The molecule has 0 radical (unpaired) electrons. The number of halogens is 1. The van der Waals surface area contributed by atoms with E-state index in [9.17, 15) is 9.18 Å². The summed E-state index contributed by atoms with van der Waals surface area (Å²) in [6.07, 6.45) is 0. The highest BCUT2D eigenvalue weighted by molar-refractivity contribution is 5.91. The molecule has 0 saturated carbocycles. The van der Waals surface area contributed by atoms with Crippen LogP contribution < -0.4 is 10.1 Å². The van der Waals surface area contributed by atoms with Gasteiger partial charge in [0.2, 0.25) is 5.82 Å². The van der Waals surface area contributed by atoms with E-state index in [0.717, 1.165) is 16.7 Å². The molecule has 0 spiro atoms. The molecule has 1 heterocycles. The number of aryl methyl sites for hydroxylation is 1. The van der Waals surface area contributed by atoms with Crippen molar-refractivity contribution in [2.24, 2.45) is 0 Å². The molecule has 4 rings (SSSR count). The van der Waals surface area contributed by atoms with Crippen LogP contribution >= 0.6 is 0 Å². The lowest BCUT2D eigenvalue weighted by Gasteiger charge is -2.07. The van der Waals surface area contributed by atoms with Gasteiger partial charge in [0.05, 0.1) is 0 Å². The van der Waals surface area contributed by atoms with Crippen LogP contribution in [0.4, 0.5) is 10.1 Å². The van der Waals surface area contributed by atoms with Gasteiger partial charge < -0.3 is 14.6 Å². The van der Waals surface area contributed by atoms with E-state index in [0.29, 0.717) is 23.2 Å². The lowest BCUT2D eigenvalue weighted by atomic mass is 10.1. The molecule has 30 heavy (non-hydrogen) atoms. The van der Waals surface area contributed by atoms with E-state index in [-0.39, 0.29) is 18.3 Å². The van der Waals surface area contributed by atoms with Gasteiger partial charge in [-0.05, 0) is 55.5 Å². The predicted octanol–water partition coefficient (Wildman–Crippen LogP) is 4.87. The number of aromatic nitrogens is 2. The van der Waals surface area contributed by atoms with Crippen molar-refractivity contribution in [3.8, 4) is 28.6 Å². The second kappa shape index (κ2) is 8.57. The summed E-state index contributed by atoms with van der Waals surface area (Å²) in [6.45, 7) is 1.84. The number of benzene rings is 3. The van der Waals surface area contributed by atoms with Crippen molar-refractivity contribution in [2.45, 2.75) is 6.92 Å². The number of anilines is 1. The topological polar surface area (TPSA) is 77.2 Å². The summed E-state index contributed by atoms with van der Waals surface area (Å²) in [4.78, 5) is 16.4. The highest BCUT2D eigenvalue weighted by atomic mass is 19.1. The van der Waals surface area contributed by atoms with Crippen LogP contribution in [0.2, 0.25) is 0 Å². The third-order valence-corrected chi connectivity index (χ3v) is 4.33. The van der Waals surface area contributed by atoms with E-state index in [1.807, 2.05) is 31.2 Å². The Hall–Kier alpha value is -4.00. The van der Waals surface area contributed by atoms with Crippen LogP contribution in [0.1, 0.15) is 5.56 Å². The van der Waals surface area contributed by atoms with Gasteiger partial charge >= 0.3 is 0 Å². The molecule has 6 nitrogen and oxygen atoms in total. The first-order valence-corrected chi connectivity index (χ1v) is 9.26. The largest absolute Gasteiger partial charge is 0.484 e. The fourth-order valence-electron chi connectivity index (χ4n) is 2.73. The van der Waals surface area contributed by atoms with Crippen LogP contribution in [0.15, 0.2) is 77.3 Å². The molecular weight excluding hydrogens is 385 g/mol. The van der Waals surface area contributed by atoms with Crippen molar-refractivity contribution in [2.75, 3.05) is 11.9 Å². The summed E-state index contributed by atoms with van der Waals surface area (Å²) in [6, 6.07) is 20.4. The Morgan fingerprint density at radius 2 is 1.63 bits per heavy atom. The number of hydrogen-bond donors (Lipinski definition) is 1. The Kier molecular flexibility index (Phi) is 5.52. The van der Waals surface area contributed by atoms with Crippen molar-refractivity contribution < 1.29 is 18.4 Å². The molecule has 0 atom stereocenters. The summed E-state index contributed by atoms with van der Waals surface area (Å²) in [7, 11) is 0. The number of amides is 1. The van der Waals surface area contributed by atoms with Crippen LogP contribution in [0.25, 0.3) is 22.8 Å². The first-order chi connectivity index (χ1) is 14.6. The molecule has 1 N–H and O–H groups in total. The van der Waals surface area contributed by atoms with Crippen molar-refractivity contribution in [3.05, 3.63) is 84.2 Å². The maximum Gasteiger partial charge on any atom is 0.262 e. The number of nitrogens with zero attached hydrogens (tertiary/aromatic N) is 2. The second-order valence-corrected chi connectivity index (χ2v) is 6.66. The number of carbonyl (C=O) groups excluding carboxylic acids is 1. The molecule has 0 unspecified atom stereocenters. The number of rotatable bonds is 6. The van der Waals surface area contributed by atoms with Gasteiger partial charge in [0.15, 0.2) is 6.61 Å². The van der Waals surface area contributed by atoms with Gasteiger partial charge in [-0.15, -0.1) is 0 Å². The molecule has 0 aliphatic rings. The molecule has 1 aromatic heterocycles. The first-order valence-electron chi connectivity index (χ1n) is 9.26. The van der Waals surface area contributed by atoms with E-state index in [4.69, 9.17) is 9.26 Å². The maximum absolute atomic E-state index is 12.9. The van der Waals surface area contributed by atoms with Gasteiger partial charge in [-0.25, -0.2) is 4.39 Å². The lowest BCUT2D eigenvalue weighted by Crippen LogP contribution is -2.20. The maximum atomic E-state index is 12.9. The van der Waals surface area contributed by atoms with Crippen molar-refractivity contribution in [3.63, 3.8) is 0 Å². The van der Waals surface area contributed by atoms with Crippen molar-refractivity contribution in [1.29, 1.82) is 0 Å². The molecule has 7 heteroatoms. The second-order valence-electron chi connectivity index (χ2n) is 6.66. The Morgan fingerprint density at radius 3 is 2.33 bits per heavy atom. The molecule has 0 fully saturated rings. The lowest BCUT2D eigenvalue weighted by molar-refractivity contribution is -0.118. The Morgan fingerprint density at radius 1 is 0.967 bits per heavy atom. The van der Waals surface area contributed by atoms with Crippen LogP contribution in [0, 0.1) is 12.7 Å². The Balaban J connectivity index is 1.35. The average Bonchev–Trinajstić information content (AvgIpc) is 3.25. The normalized spacial score (nSPS) is 10.6. The van der Waals surface area contributed by atoms with Crippen molar-refractivity contribution in [1.82, 2.24) is 10.1 Å². The Labute approximate surface area is 172 Å². The van der Waals surface area contributed by atoms with Gasteiger partial charge in [-0.2, -0.15) is 4.98 Å². The molecule has 1 amide bonds.